The molecule has 8 heteroatoms. The molecule has 0 aliphatic heterocycles. The van der Waals surface area contributed by atoms with Gasteiger partial charge in [0, 0.05) is 31.2 Å². The third-order valence-electron chi connectivity index (χ3n) is 4.42. The fraction of sp³-hybridized carbons (Fsp3) is 0.833. The van der Waals surface area contributed by atoms with Gasteiger partial charge in [-0.15, -0.1) is 0 Å². The second-order valence-corrected chi connectivity index (χ2v) is 7.20. The van der Waals surface area contributed by atoms with Gasteiger partial charge in [0.2, 0.25) is 5.91 Å². The van der Waals surface area contributed by atoms with Gasteiger partial charge in [0.25, 0.3) is 0 Å². The third kappa shape index (κ3) is 10.4. The van der Waals surface area contributed by atoms with E-state index in [0.29, 0.717) is 18.1 Å². The van der Waals surface area contributed by atoms with E-state index in [1.54, 1.807) is 0 Å². The van der Waals surface area contributed by atoms with Gasteiger partial charge < -0.3 is 20.8 Å². The smallest absolute Gasteiger partial charge is 0.414 e. The molecule has 0 radical (unpaired) electrons. The van der Waals surface area contributed by atoms with Gasteiger partial charge in [-0.25, -0.2) is 9.59 Å². The number of rotatable bonds is 8. The van der Waals surface area contributed by atoms with E-state index in [-0.39, 0.29) is 11.9 Å². The monoisotopic (exact) mass is 373 g/mol. The molecule has 1 saturated carbocycles. The second kappa shape index (κ2) is 12.6. The highest BCUT2D eigenvalue weighted by atomic mass is 16.4. The SMILES string of the molecule is CC(NCCN(C(C)C)C(C)C)C(=O)NC1CCCC1.O=C(O)C(=O)O. The molecule has 1 aliphatic carbocycles. The number of carboxylic acids is 2. The summed E-state index contributed by atoms with van der Waals surface area (Å²) in [7, 11) is 0. The minimum absolute atomic E-state index is 0.100. The summed E-state index contributed by atoms with van der Waals surface area (Å²) in [6, 6.07) is 1.39. The van der Waals surface area contributed by atoms with Crippen molar-refractivity contribution in [2.24, 2.45) is 0 Å². The Balaban J connectivity index is 0.000000896. The van der Waals surface area contributed by atoms with Crippen LogP contribution in [0.4, 0.5) is 0 Å². The lowest BCUT2D eigenvalue weighted by atomic mass is 10.2. The van der Waals surface area contributed by atoms with Crippen molar-refractivity contribution in [3.05, 3.63) is 0 Å². The van der Waals surface area contributed by atoms with E-state index >= 15 is 0 Å². The Morgan fingerprint density at radius 3 is 1.81 bits per heavy atom. The van der Waals surface area contributed by atoms with E-state index in [1.807, 2.05) is 6.92 Å². The Morgan fingerprint density at radius 2 is 1.42 bits per heavy atom. The standard InChI is InChI=1S/C16H33N3O.C2H2O4/c1-12(2)19(13(3)4)11-10-17-14(5)16(20)18-15-8-6-7-9-15;3-1(4)2(5)6/h12-15,17H,6-11H2,1-5H3,(H,18,20);(H,3,4)(H,5,6). The number of carboxylic acid groups (broad SMARTS) is 2. The summed E-state index contributed by atoms with van der Waals surface area (Å²) in [5.74, 6) is -3.50. The van der Waals surface area contributed by atoms with Crippen LogP contribution < -0.4 is 10.6 Å². The fourth-order valence-electron chi connectivity index (χ4n) is 3.01. The molecule has 1 fully saturated rings. The molecule has 26 heavy (non-hydrogen) atoms. The fourth-order valence-corrected chi connectivity index (χ4v) is 3.01. The maximum atomic E-state index is 12.1. The summed E-state index contributed by atoms with van der Waals surface area (Å²) in [5.41, 5.74) is 0. The van der Waals surface area contributed by atoms with Gasteiger partial charge in [0.15, 0.2) is 0 Å². The van der Waals surface area contributed by atoms with Gasteiger partial charge in [0.05, 0.1) is 6.04 Å². The number of amides is 1. The number of aliphatic carboxylic acids is 2. The van der Waals surface area contributed by atoms with Crippen LogP contribution in [-0.2, 0) is 14.4 Å². The average molecular weight is 373 g/mol. The molecule has 0 aromatic rings. The quantitative estimate of drug-likeness (QED) is 0.473. The number of hydrogen-bond donors (Lipinski definition) is 4. The first-order valence-corrected chi connectivity index (χ1v) is 9.32. The molecule has 0 bridgehead atoms. The first kappa shape index (κ1) is 24.3. The number of nitrogens with zero attached hydrogens (tertiary/aromatic N) is 1. The Bertz CT molecular complexity index is 428. The average Bonchev–Trinajstić information content (AvgIpc) is 3.03. The molecular formula is C18H35N3O5. The molecule has 152 valence electrons. The van der Waals surface area contributed by atoms with E-state index in [4.69, 9.17) is 19.8 Å². The molecule has 1 rings (SSSR count). The van der Waals surface area contributed by atoms with Crippen LogP contribution >= 0.6 is 0 Å². The first-order valence-electron chi connectivity index (χ1n) is 9.32. The predicted octanol–water partition coefficient (Wildman–Crippen LogP) is 1.30. The van der Waals surface area contributed by atoms with Gasteiger partial charge in [0.1, 0.15) is 0 Å². The van der Waals surface area contributed by atoms with E-state index in [1.165, 1.54) is 12.8 Å². The molecule has 1 aliphatic rings. The highest BCUT2D eigenvalue weighted by Gasteiger charge is 2.20. The van der Waals surface area contributed by atoms with Gasteiger partial charge in [-0.1, -0.05) is 12.8 Å². The van der Waals surface area contributed by atoms with Crippen LogP contribution in [0.15, 0.2) is 0 Å². The van der Waals surface area contributed by atoms with Crippen LogP contribution in [0.3, 0.4) is 0 Å². The van der Waals surface area contributed by atoms with Crippen molar-refractivity contribution in [2.75, 3.05) is 13.1 Å². The van der Waals surface area contributed by atoms with Crippen molar-refractivity contribution in [1.29, 1.82) is 0 Å². The third-order valence-corrected chi connectivity index (χ3v) is 4.42. The molecule has 0 aromatic carbocycles. The molecule has 1 amide bonds. The Morgan fingerprint density at radius 1 is 0.962 bits per heavy atom. The zero-order chi connectivity index (χ0) is 20.3. The molecule has 1 atom stereocenters. The summed E-state index contributed by atoms with van der Waals surface area (Å²) >= 11 is 0. The zero-order valence-electron chi connectivity index (χ0n) is 16.6. The van der Waals surface area contributed by atoms with Crippen molar-refractivity contribution < 1.29 is 24.6 Å². The molecule has 0 heterocycles. The molecule has 1 unspecified atom stereocenters. The van der Waals surface area contributed by atoms with Crippen molar-refractivity contribution in [2.45, 2.75) is 84.5 Å². The summed E-state index contributed by atoms with van der Waals surface area (Å²) in [6.45, 7) is 12.7. The van der Waals surface area contributed by atoms with Crippen LogP contribution in [0, 0.1) is 0 Å². The molecule has 0 aromatic heterocycles. The van der Waals surface area contributed by atoms with Crippen molar-refractivity contribution in [3.8, 4) is 0 Å². The lowest BCUT2D eigenvalue weighted by Crippen LogP contribution is -2.48. The van der Waals surface area contributed by atoms with E-state index in [0.717, 1.165) is 25.9 Å². The highest BCUT2D eigenvalue weighted by Crippen LogP contribution is 2.17. The number of carbonyl (C=O) groups is 3. The van der Waals surface area contributed by atoms with Gasteiger partial charge >= 0.3 is 11.9 Å². The maximum Gasteiger partial charge on any atom is 0.414 e. The van der Waals surface area contributed by atoms with Crippen LogP contribution in [0.1, 0.15) is 60.3 Å². The molecular weight excluding hydrogens is 338 g/mol. The highest BCUT2D eigenvalue weighted by molar-refractivity contribution is 6.27. The first-order chi connectivity index (χ1) is 12.1. The largest absolute Gasteiger partial charge is 0.473 e. The predicted molar refractivity (Wildman–Crippen MR) is 100 cm³/mol. The van der Waals surface area contributed by atoms with Crippen molar-refractivity contribution in [3.63, 3.8) is 0 Å². The van der Waals surface area contributed by atoms with Gasteiger partial charge in [-0.2, -0.15) is 0 Å². The number of carbonyl (C=O) groups excluding carboxylic acids is 1. The minimum Gasteiger partial charge on any atom is -0.473 e. The Hall–Kier alpha value is -1.67. The van der Waals surface area contributed by atoms with Crippen molar-refractivity contribution in [1.82, 2.24) is 15.5 Å². The zero-order valence-corrected chi connectivity index (χ0v) is 16.6. The molecule has 0 saturated heterocycles. The number of nitrogens with one attached hydrogen (secondary N) is 2. The summed E-state index contributed by atoms with van der Waals surface area (Å²) in [5, 5.41) is 21.3. The topological polar surface area (TPSA) is 119 Å². The molecule has 8 nitrogen and oxygen atoms in total. The van der Waals surface area contributed by atoms with E-state index in [2.05, 4.69) is 43.2 Å². The summed E-state index contributed by atoms with van der Waals surface area (Å²) in [6.07, 6.45) is 4.80. The number of hydrogen-bond acceptors (Lipinski definition) is 5. The van der Waals surface area contributed by atoms with Crippen LogP contribution in [-0.4, -0.2) is 70.2 Å². The molecule has 0 spiro atoms. The van der Waals surface area contributed by atoms with Gasteiger partial charge in [-0.05, 0) is 47.5 Å². The second-order valence-electron chi connectivity index (χ2n) is 7.20. The lowest BCUT2D eigenvalue weighted by molar-refractivity contribution is -0.159. The molecule has 4 N–H and O–H groups in total. The Labute approximate surface area is 156 Å². The van der Waals surface area contributed by atoms with E-state index < -0.39 is 11.9 Å². The summed E-state index contributed by atoms with van der Waals surface area (Å²) < 4.78 is 0. The normalized spacial score (nSPS) is 15.7. The van der Waals surface area contributed by atoms with Gasteiger partial charge in [-0.3, -0.25) is 9.69 Å². The van der Waals surface area contributed by atoms with Crippen LogP contribution in [0.25, 0.3) is 0 Å². The minimum atomic E-state index is -1.82. The van der Waals surface area contributed by atoms with Crippen LogP contribution in [0.5, 0.6) is 0 Å². The van der Waals surface area contributed by atoms with Crippen molar-refractivity contribution >= 4 is 17.8 Å². The Kier molecular flexibility index (Phi) is 11.8. The van der Waals surface area contributed by atoms with Crippen LogP contribution in [0.2, 0.25) is 0 Å². The lowest BCUT2D eigenvalue weighted by Gasteiger charge is -2.31. The summed E-state index contributed by atoms with van der Waals surface area (Å²) in [4.78, 5) is 32.7. The maximum absolute atomic E-state index is 12.1. The van der Waals surface area contributed by atoms with E-state index in [9.17, 15) is 4.79 Å².